The largest absolute Gasteiger partial charge is 0.507 e. The summed E-state index contributed by atoms with van der Waals surface area (Å²) in [5.41, 5.74) is 1.18. The molecule has 7 heteroatoms. The molecule has 1 unspecified atom stereocenters. The number of likely N-dealkylation sites (tertiary alicyclic amines) is 1. The van der Waals surface area contributed by atoms with Gasteiger partial charge in [0.25, 0.3) is 11.7 Å². The normalized spacial score (nSPS) is 19.2. The highest BCUT2D eigenvalue weighted by molar-refractivity contribution is 9.10. The van der Waals surface area contributed by atoms with Gasteiger partial charge in [-0.25, -0.2) is 0 Å². The molecule has 1 aliphatic rings. The molecular formula is C19H17BrN2O4. The highest BCUT2D eigenvalue weighted by Crippen LogP contribution is 2.38. The van der Waals surface area contributed by atoms with E-state index in [2.05, 4.69) is 20.9 Å². The molecule has 134 valence electrons. The number of methoxy groups -OCH3 is 1. The van der Waals surface area contributed by atoms with E-state index in [1.54, 1.807) is 48.8 Å². The summed E-state index contributed by atoms with van der Waals surface area (Å²) >= 11 is 3.34. The Morgan fingerprint density at radius 3 is 2.62 bits per heavy atom. The highest BCUT2D eigenvalue weighted by atomic mass is 79.9. The average molecular weight is 417 g/mol. The molecule has 2 heterocycles. The quantitative estimate of drug-likeness (QED) is 0.460. The van der Waals surface area contributed by atoms with Crippen LogP contribution >= 0.6 is 15.9 Å². The second kappa shape index (κ2) is 7.80. The fraction of sp³-hybridized carbons (Fsp3) is 0.211. The molecule has 1 aliphatic heterocycles. The number of rotatable bonds is 5. The van der Waals surface area contributed by atoms with Crippen molar-refractivity contribution < 1.29 is 19.4 Å². The molecule has 3 rings (SSSR count). The predicted molar refractivity (Wildman–Crippen MR) is 99.3 cm³/mol. The Bertz CT molecular complexity index is 850. The molecule has 1 fully saturated rings. The Morgan fingerprint density at radius 2 is 2.00 bits per heavy atom. The molecule has 6 nitrogen and oxygen atoms in total. The van der Waals surface area contributed by atoms with Crippen LogP contribution in [0.5, 0.6) is 0 Å². The van der Waals surface area contributed by atoms with Gasteiger partial charge in [0.15, 0.2) is 0 Å². The van der Waals surface area contributed by atoms with Crippen LogP contribution in [0.25, 0.3) is 5.76 Å². The minimum atomic E-state index is -0.713. The minimum Gasteiger partial charge on any atom is -0.507 e. The lowest BCUT2D eigenvalue weighted by Crippen LogP contribution is -2.32. The van der Waals surface area contributed by atoms with Gasteiger partial charge in [-0.15, -0.1) is 0 Å². The summed E-state index contributed by atoms with van der Waals surface area (Å²) in [4.78, 5) is 30.7. The first-order valence-electron chi connectivity index (χ1n) is 7.97. The number of benzene rings is 1. The summed E-state index contributed by atoms with van der Waals surface area (Å²) in [7, 11) is 1.53. The molecule has 0 radical (unpaired) electrons. The second-order valence-corrected chi connectivity index (χ2v) is 6.69. The molecule has 0 aliphatic carbocycles. The lowest BCUT2D eigenvalue weighted by molar-refractivity contribution is -0.140. The number of nitrogens with zero attached hydrogens (tertiary/aromatic N) is 2. The van der Waals surface area contributed by atoms with Crippen LogP contribution in [0.4, 0.5) is 0 Å². The first kappa shape index (κ1) is 18.3. The third-order valence-corrected chi connectivity index (χ3v) is 4.72. The first-order valence-corrected chi connectivity index (χ1v) is 8.77. The first-order chi connectivity index (χ1) is 12.5. The standard InChI is InChI=1S/C19H17BrN2O4/c1-26-10-9-22-16(13-3-2-8-21-11-13)15(18(24)19(22)25)17(23)12-4-6-14(20)7-5-12/h2-8,11,16,23H,9-10H2,1H3/b17-15-. The van der Waals surface area contributed by atoms with Crippen LogP contribution in [-0.2, 0) is 14.3 Å². The van der Waals surface area contributed by atoms with E-state index >= 15 is 0 Å². The maximum absolute atomic E-state index is 12.7. The van der Waals surface area contributed by atoms with E-state index in [1.807, 2.05) is 0 Å². The lowest BCUT2D eigenvalue weighted by atomic mass is 9.96. The summed E-state index contributed by atoms with van der Waals surface area (Å²) in [5, 5.41) is 10.8. The van der Waals surface area contributed by atoms with Gasteiger partial charge in [0, 0.05) is 36.1 Å². The molecule has 1 aromatic heterocycles. The van der Waals surface area contributed by atoms with Crippen molar-refractivity contribution >= 4 is 33.4 Å². The molecule has 2 aromatic rings. The number of hydrogen-bond donors (Lipinski definition) is 1. The zero-order valence-corrected chi connectivity index (χ0v) is 15.6. The number of ketones is 1. The van der Waals surface area contributed by atoms with E-state index in [9.17, 15) is 14.7 Å². The van der Waals surface area contributed by atoms with Crippen molar-refractivity contribution in [2.75, 3.05) is 20.3 Å². The Labute approximate surface area is 159 Å². The fourth-order valence-corrected chi connectivity index (χ4v) is 3.21. The summed E-state index contributed by atoms with van der Waals surface area (Å²) < 4.78 is 5.91. The van der Waals surface area contributed by atoms with Crippen LogP contribution in [0.3, 0.4) is 0 Å². The molecule has 1 N–H and O–H groups in total. The van der Waals surface area contributed by atoms with Gasteiger partial charge in [0.05, 0.1) is 18.2 Å². The number of amides is 1. The summed E-state index contributed by atoms with van der Waals surface area (Å²) in [6.07, 6.45) is 3.20. The average Bonchev–Trinajstić information content (AvgIpc) is 2.91. The summed E-state index contributed by atoms with van der Waals surface area (Å²) in [6.45, 7) is 0.514. The predicted octanol–water partition coefficient (Wildman–Crippen LogP) is 2.91. The third-order valence-electron chi connectivity index (χ3n) is 4.19. The van der Waals surface area contributed by atoms with Gasteiger partial charge >= 0.3 is 0 Å². The topological polar surface area (TPSA) is 79.7 Å². The van der Waals surface area contributed by atoms with Gasteiger partial charge in [0.2, 0.25) is 0 Å². The zero-order chi connectivity index (χ0) is 18.7. The van der Waals surface area contributed by atoms with Crippen LogP contribution in [0, 0.1) is 0 Å². The lowest BCUT2D eigenvalue weighted by Gasteiger charge is -2.24. The number of hydrogen-bond acceptors (Lipinski definition) is 5. The molecule has 1 saturated heterocycles. The number of Topliss-reactive ketones (excluding diaryl/α,β-unsaturated/α-hetero) is 1. The van der Waals surface area contributed by atoms with Gasteiger partial charge < -0.3 is 14.7 Å². The van der Waals surface area contributed by atoms with Crippen molar-refractivity contribution in [2.24, 2.45) is 0 Å². The minimum absolute atomic E-state index is 0.0569. The van der Waals surface area contributed by atoms with E-state index in [1.165, 1.54) is 12.0 Å². The molecule has 0 spiro atoms. The smallest absolute Gasteiger partial charge is 0.295 e. The highest BCUT2D eigenvalue weighted by Gasteiger charge is 2.45. The van der Waals surface area contributed by atoms with Gasteiger partial charge in [-0.3, -0.25) is 14.6 Å². The molecule has 26 heavy (non-hydrogen) atoms. The number of aliphatic hydroxyl groups excluding tert-OH is 1. The van der Waals surface area contributed by atoms with Gasteiger partial charge in [0.1, 0.15) is 5.76 Å². The number of aromatic nitrogens is 1. The van der Waals surface area contributed by atoms with Crippen LogP contribution in [0.15, 0.2) is 58.8 Å². The van der Waals surface area contributed by atoms with E-state index in [-0.39, 0.29) is 24.5 Å². The van der Waals surface area contributed by atoms with Gasteiger partial charge in [-0.05, 0) is 23.8 Å². The number of halogens is 1. The Kier molecular flexibility index (Phi) is 5.49. The van der Waals surface area contributed by atoms with Crippen molar-refractivity contribution in [3.63, 3.8) is 0 Å². The molecule has 1 aromatic carbocycles. The molecule has 0 bridgehead atoms. The second-order valence-electron chi connectivity index (χ2n) is 5.78. The molecule has 1 atom stereocenters. The van der Waals surface area contributed by atoms with Crippen molar-refractivity contribution in [1.82, 2.24) is 9.88 Å². The Morgan fingerprint density at radius 1 is 1.27 bits per heavy atom. The number of carbonyl (C=O) groups is 2. The maximum Gasteiger partial charge on any atom is 0.295 e. The van der Waals surface area contributed by atoms with E-state index in [4.69, 9.17) is 4.74 Å². The molecule has 0 saturated carbocycles. The molecular weight excluding hydrogens is 400 g/mol. The van der Waals surface area contributed by atoms with Crippen LogP contribution in [0.2, 0.25) is 0 Å². The Balaban J connectivity index is 2.14. The van der Waals surface area contributed by atoms with Gasteiger partial charge in [-0.2, -0.15) is 0 Å². The number of ether oxygens (including phenoxy) is 1. The van der Waals surface area contributed by atoms with E-state index in [0.29, 0.717) is 11.1 Å². The van der Waals surface area contributed by atoms with Crippen LogP contribution in [-0.4, -0.2) is 46.9 Å². The fourth-order valence-electron chi connectivity index (χ4n) is 2.95. The van der Waals surface area contributed by atoms with Crippen molar-refractivity contribution in [1.29, 1.82) is 0 Å². The monoisotopic (exact) mass is 416 g/mol. The number of aliphatic hydroxyl groups is 1. The summed E-state index contributed by atoms with van der Waals surface area (Å²) in [6, 6.07) is 9.68. The van der Waals surface area contributed by atoms with E-state index in [0.717, 1.165) is 4.47 Å². The van der Waals surface area contributed by atoms with Gasteiger partial charge in [-0.1, -0.05) is 34.1 Å². The van der Waals surface area contributed by atoms with E-state index < -0.39 is 17.7 Å². The maximum atomic E-state index is 12.7. The number of carbonyl (C=O) groups excluding carboxylic acids is 2. The number of pyridine rings is 1. The van der Waals surface area contributed by atoms with Crippen molar-refractivity contribution in [3.05, 3.63) is 70.0 Å². The van der Waals surface area contributed by atoms with Crippen LogP contribution in [0.1, 0.15) is 17.2 Å². The molecule has 1 amide bonds. The Hall–Kier alpha value is -2.51. The zero-order valence-electron chi connectivity index (χ0n) is 14.1. The third kappa shape index (κ3) is 3.40. The van der Waals surface area contributed by atoms with Crippen molar-refractivity contribution in [2.45, 2.75) is 6.04 Å². The van der Waals surface area contributed by atoms with Crippen molar-refractivity contribution in [3.8, 4) is 0 Å². The summed E-state index contributed by atoms with van der Waals surface area (Å²) in [5.74, 6) is -1.57. The SMILES string of the molecule is COCCN1C(=O)C(=O)/C(=C(\O)c2ccc(Br)cc2)C1c1cccnc1. The van der Waals surface area contributed by atoms with Crippen LogP contribution < -0.4 is 0 Å².